The lowest BCUT2D eigenvalue weighted by Gasteiger charge is -1.87. The highest BCUT2D eigenvalue weighted by Crippen LogP contribution is 2.23. The van der Waals surface area contributed by atoms with Crippen LogP contribution in [-0.4, -0.2) is 4.37 Å². The zero-order chi connectivity index (χ0) is 7.68. The van der Waals surface area contributed by atoms with Gasteiger partial charge in [0.2, 0.25) is 0 Å². The molecule has 0 radical (unpaired) electrons. The summed E-state index contributed by atoms with van der Waals surface area (Å²) in [5.41, 5.74) is 2.44. The van der Waals surface area contributed by atoms with Gasteiger partial charge in [-0.15, -0.1) is 0 Å². The molecule has 0 aliphatic heterocycles. The Kier molecular flexibility index (Phi) is 1.62. The largest absolute Gasteiger partial charge is 0.197 e. The van der Waals surface area contributed by atoms with E-state index >= 15 is 0 Å². The lowest BCUT2D eigenvalue weighted by atomic mass is 10.2. The van der Waals surface area contributed by atoms with E-state index in [0.29, 0.717) is 0 Å². The van der Waals surface area contributed by atoms with Crippen LogP contribution in [0.15, 0.2) is 12.2 Å². The number of allylic oxidation sites excluding steroid dienone is 2. The predicted octanol–water partition coefficient (Wildman–Crippen LogP) is 2.88. The van der Waals surface area contributed by atoms with Crippen LogP contribution in [0.25, 0.3) is 12.2 Å². The Bertz CT molecular complexity index is 320. The zero-order valence-corrected chi connectivity index (χ0v) is 7.19. The van der Waals surface area contributed by atoms with Crippen LogP contribution < -0.4 is 0 Å². The molecule has 0 bridgehead atoms. The van der Waals surface area contributed by atoms with Gasteiger partial charge < -0.3 is 0 Å². The first-order valence-corrected chi connectivity index (χ1v) is 4.44. The molecule has 0 atom stereocenters. The number of hydrogen-bond donors (Lipinski definition) is 0. The molecule has 1 nitrogen and oxygen atoms in total. The third kappa shape index (κ3) is 1.14. The molecule has 1 aliphatic carbocycles. The Hall–Kier alpha value is -0.890. The van der Waals surface area contributed by atoms with Crippen molar-refractivity contribution in [3.63, 3.8) is 0 Å². The van der Waals surface area contributed by atoms with Crippen molar-refractivity contribution in [3.05, 3.63) is 28.3 Å². The number of aromatic nitrogens is 1. The summed E-state index contributed by atoms with van der Waals surface area (Å²) in [5, 5.41) is 0. The van der Waals surface area contributed by atoms with E-state index in [1.165, 1.54) is 10.4 Å². The fourth-order valence-corrected chi connectivity index (χ4v) is 1.96. The number of aryl methyl sites for hydroxylation is 1. The summed E-state index contributed by atoms with van der Waals surface area (Å²) in [6.07, 6.45) is 9.69. The van der Waals surface area contributed by atoms with Crippen molar-refractivity contribution in [2.24, 2.45) is 0 Å². The van der Waals surface area contributed by atoms with Crippen molar-refractivity contribution in [1.29, 1.82) is 0 Å². The summed E-state index contributed by atoms with van der Waals surface area (Å²) in [5.74, 6) is 0. The van der Waals surface area contributed by atoms with Crippen molar-refractivity contribution in [3.8, 4) is 0 Å². The molecule has 56 valence electrons. The minimum atomic E-state index is 1.04. The first-order valence-electron chi connectivity index (χ1n) is 3.67. The molecule has 1 aromatic heterocycles. The molecule has 1 aliphatic rings. The van der Waals surface area contributed by atoms with Gasteiger partial charge in [0.1, 0.15) is 0 Å². The Morgan fingerprint density at radius 2 is 2.18 bits per heavy atom. The fourth-order valence-electron chi connectivity index (χ4n) is 1.16. The summed E-state index contributed by atoms with van der Waals surface area (Å²) in [7, 11) is 0. The SMILES string of the molecule is Cc1nsc2c1C=CCC=C2. The molecule has 0 N–H and O–H groups in total. The second kappa shape index (κ2) is 2.62. The molecule has 0 saturated heterocycles. The number of fused-ring (bicyclic) bond motifs is 1. The molecule has 0 spiro atoms. The highest BCUT2D eigenvalue weighted by Gasteiger charge is 2.05. The second-order valence-corrected chi connectivity index (χ2v) is 3.39. The van der Waals surface area contributed by atoms with E-state index in [2.05, 4.69) is 35.6 Å². The molecule has 11 heavy (non-hydrogen) atoms. The van der Waals surface area contributed by atoms with Crippen LogP contribution in [0.3, 0.4) is 0 Å². The van der Waals surface area contributed by atoms with E-state index in [4.69, 9.17) is 0 Å². The summed E-state index contributed by atoms with van der Waals surface area (Å²) in [4.78, 5) is 1.29. The monoisotopic (exact) mass is 163 g/mol. The van der Waals surface area contributed by atoms with Gasteiger partial charge in [-0.05, 0) is 31.0 Å². The smallest absolute Gasteiger partial charge is 0.0589 e. The first-order chi connectivity index (χ1) is 5.38. The van der Waals surface area contributed by atoms with Gasteiger partial charge in [0.25, 0.3) is 0 Å². The van der Waals surface area contributed by atoms with E-state index in [-0.39, 0.29) is 0 Å². The molecule has 0 aromatic carbocycles. The van der Waals surface area contributed by atoms with Gasteiger partial charge in [0, 0.05) is 5.56 Å². The summed E-state index contributed by atoms with van der Waals surface area (Å²) < 4.78 is 4.28. The number of hydrogen-bond acceptors (Lipinski definition) is 2. The third-order valence-corrected chi connectivity index (χ3v) is 2.68. The fraction of sp³-hybridized carbons (Fsp3) is 0.222. The lowest BCUT2D eigenvalue weighted by molar-refractivity contribution is 1.33. The van der Waals surface area contributed by atoms with Crippen molar-refractivity contribution >= 4 is 23.7 Å². The van der Waals surface area contributed by atoms with Crippen LogP contribution in [0.2, 0.25) is 0 Å². The summed E-state index contributed by atoms with van der Waals surface area (Å²) in [6, 6.07) is 0. The van der Waals surface area contributed by atoms with Crippen molar-refractivity contribution in [1.82, 2.24) is 4.37 Å². The highest BCUT2D eigenvalue weighted by molar-refractivity contribution is 7.07. The topological polar surface area (TPSA) is 12.9 Å². The number of nitrogens with zero attached hydrogens (tertiary/aromatic N) is 1. The van der Waals surface area contributed by atoms with E-state index in [0.717, 1.165) is 12.1 Å². The maximum atomic E-state index is 4.28. The van der Waals surface area contributed by atoms with E-state index < -0.39 is 0 Å². The maximum Gasteiger partial charge on any atom is 0.0589 e. The van der Waals surface area contributed by atoms with Crippen LogP contribution in [-0.2, 0) is 0 Å². The van der Waals surface area contributed by atoms with Gasteiger partial charge in [-0.3, -0.25) is 0 Å². The Labute approximate surface area is 70.2 Å². The Balaban J connectivity index is 2.60. The van der Waals surface area contributed by atoms with E-state index in [1.807, 2.05) is 0 Å². The molecule has 0 saturated carbocycles. The minimum absolute atomic E-state index is 1.04. The third-order valence-electron chi connectivity index (χ3n) is 1.76. The van der Waals surface area contributed by atoms with Crippen molar-refractivity contribution in [2.45, 2.75) is 13.3 Å². The molecule has 2 rings (SSSR count). The van der Waals surface area contributed by atoms with Crippen molar-refractivity contribution in [2.75, 3.05) is 0 Å². The average molecular weight is 163 g/mol. The molecule has 0 unspecified atom stereocenters. The van der Waals surface area contributed by atoms with Crippen LogP contribution in [0, 0.1) is 6.92 Å². The molecule has 2 heteroatoms. The van der Waals surface area contributed by atoms with Gasteiger partial charge in [0.15, 0.2) is 0 Å². The van der Waals surface area contributed by atoms with Crippen LogP contribution >= 0.6 is 11.5 Å². The average Bonchev–Trinajstić information content (AvgIpc) is 2.25. The summed E-state index contributed by atoms with van der Waals surface area (Å²) >= 11 is 1.58. The quantitative estimate of drug-likeness (QED) is 0.573. The van der Waals surface area contributed by atoms with E-state index in [9.17, 15) is 0 Å². The maximum absolute atomic E-state index is 4.28. The zero-order valence-electron chi connectivity index (χ0n) is 6.37. The molecular weight excluding hydrogens is 154 g/mol. The van der Waals surface area contributed by atoms with Gasteiger partial charge >= 0.3 is 0 Å². The number of rotatable bonds is 0. The van der Waals surface area contributed by atoms with Gasteiger partial charge in [-0.1, -0.05) is 18.2 Å². The van der Waals surface area contributed by atoms with Crippen molar-refractivity contribution < 1.29 is 0 Å². The Morgan fingerprint density at radius 3 is 3.09 bits per heavy atom. The van der Waals surface area contributed by atoms with Gasteiger partial charge in [-0.25, -0.2) is 0 Å². The van der Waals surface area contributed by atoms with Crippen LogP contribution in [0.5, 0.6) is 0 Å². The normalized spacial score (nSPS) is 14.6. The molecule has 0 amide bonds. The Morgan fingerprint density at radius 1 is 1.36 bits per heavy atom. The van der Waals surface area contributed by atoms with Gasteiger partial charge in [0.05, 0.1) is 10.6 Å². The molecule has 1 aromatic rings. The van der Waals surface area contributed by atoms with Gasteiger partial charge in [-0.2, -0.15) is 4.37 Å². The van der Waals surface area contributed by atoms with Crippen LogP contribution in [0.1, 0.15) is 22.6 Å². The molecule has 1 heterocycles. The molecule has 0 fully saturated rings. The first kappa shape index (κ1) is 6.80. The highest BCUT2D eigenvalue weighted by atomic mass is 32.1. The standard InChI is InChI=1S/C9H9NS/c1-7-8-5-3-2-4-6-9(8)11-10-7/h3-6H,2H2,1H3. The van der Waals surface area contributed by atoms with Crippen LogP contribution in [0.4, 0.5) is 0 Å². The second-order valence-electron chi connectivity index (χ2n) is 2.59. The molecular formula is C9H9NS. The summed E-state index contributed by atoms with van der Waals surface area (Å²) in [6.45, 7) is 2.05. The lowest BCUT2D eigenvalue weighted by Crippen LogP contribution is -1.74. The predicted molar refractivity (Wildman–Crippen MR) is 49.5 cm³/mol. The van der Waals surface area contributed by atoms with E-state index in [1.54, 1.807) is 11.5 Å². The minimum Gasteiger partial charge on any atom is -0.197 e.